The topological polar surface area (TPSA) is 78.2 Å². The van der Waals surface area contributed by atoms with Gasteiger partial charge in [0.25, 0.3) is 0 Å². The molecule has 0 aliphatic heterocycles. The summed E-state index contributed by atoms with van der Waals surface area (Å²) in [6.07, 6.45) is 1.73. The molecule has 0 saturated heterocycles. The van der Waals surface area contributed by atoms with Crippen LogP contribution in [0.25, 0.3) is 0 Å². The van der Waals surface area contributed by atoms with E-state index in [4.69, 9.17) is 5.11 Å². The number of aliphatic hydroxyl groups excluding tert-OH is 1. The number of carboxylic acid groups (broad SMARTS) is 1. The van der Waals surface area contributed by atoms with Gasteiger partial charge in [-0.1, -0.05) is 42.1 Å². The van der Waals surface area contributed by atoms with Gasteiger partial charge in [-0.05, 0) is 5.56 Å². The van der Waals surface area contributed by atoms with Gasteiger partial charge in [0.2, 0.25) is 0 Å². The Morgan fingerprint density at radius 2 is 2.11 bits per heavy atom. The van der Waals surface area contributed by atoms with E-state index in [0.717, 1.165) is 17.3 Å². The fraction of sp³-hybridized carbons (Fsp3) is 0.231. The minimum Gasteiger partial charge on any atom is -0.549 e. The van der Waals surface area contributed by atoms with Crippen molar-refractivity contribution in [2.75, 3.05) is 5.75 Å². The molecule has 2 aromatic rings. The molecular formula is C13H13N2O3S-. The molecule has 1 N–H and O–H groups in total. The van der Waals surface area contributed by atoms with Gasteiger partial charge in [0.15, 0.2) is 5.16 Å². The van der Waals surface area contributed by atoms with Crippen LogP contribution in [0.3, 0.4) is 0 Å². The van der Waals surface area contributed by atoms with Crippen molar-refractivity contribution in [3.05, 3.63) is 47.8 Å². The highest BCUT2D eigenvalue weighted by molar-refractivity contribution is 7.99. The number of aromatic nitrogens is 2. The second-order valence-corrected chi connectivity index (χ2v) is 4.89. The molecule has 1 heterocycles. The van der Waals surface area contributed by atoms with Crippen molar-refractivity contribution in [1.82, 2.24) is 9.55 Å². The fourth-order valence-electron chi connectivity index (χ4n) is 1.66. The highest BCUT2D eigenvalue weighted by atomic mass is 32.2. The lowest BCUT2D eigenvalue weighted by Gasteiger charge is -2.07. The zero-order chi connectivity index (χ0) is 13.7. The number of hydrogen-bond acceptors (Lipinski definition) is 5. The third kappa shape index (κ3) is 3.84. The third-order valence-electron chi connectivity index (χ3n) is 2.47. The van der Waals surface area contributed by atoms with E-state index in [2.05, 4.69) is 4.98 Å². The summed E-state index contributed by atoms with van der Waals surface area (Å²) in [5, 5.41) is 20.2. The number of carbonyl (C=O) groups excluding carboxylic acids is 1. The SMILES string of the molecule is O=C([O-])CSc1nc(CO)cn1Cc1ccccc1. The number of aliphatic carboxylic acids is 1. The molecule has 100 valence electrons. The summed E-state index contributed by atoms with van der Waals surface area (Å²) < 4.78 is 1.83. The number of thioether (sulfide) groups is 1. The Hall–Kier alpha value is -1.79. The maximum atomic E-state index is 10.5. The predicted molar refractivity (Wildman–Crippen MR) is 69.4 cm³/mol. The number of imidazole rings is 1. The monoisotopic (exact) mass is 277 g/mol. The smallest absolute Gasteiger partial charge is 0.168 e. The number of carbonyl (C=O) groups is 1. The molecule has 2 rings (SSSR count). The van der Waals surface area contributed by atoms with Gasteiger partial charge >= 0.3 is 0 Å². The van der Waals surface area contributed by atoms with Gasteiger partial charge < -0.3 is 19.6 Å². The molecule has 6 heteroatoms. The average Bonchev–Trinajstić information content (AvgIpc) is 2.80. The van der Waals surface area contributed by atoms with Crippen LogP contribution in [0, 0.1) is 0 Å². The summed E-state index contributed by atoms with van der Waals surface area (Å²) in [4.78, 5) is 14.7. The lowest BCUT2D eigenvalue weighted by Crippen LogP contribution is -2.24. The molecule has 0 spiro atoms. The van der Waals surface area contributed by atoms with Crippen molar-refractivity contribution in [3.63, 3.8) is 0 Å². The van der Waals surface area contributed by atoms with Crippen LogP contribution in [0.15, 0.2) is 41.7 Å². The molecule has 0 radical (unpaired) electrons. The van der Waals surface area contributed by atoms with E-state index in [1.165, 1.54) is 0 Å². The van der Waals surface area contributed by atoms with E-state index in [9.17, 15) is 9.90 Å². The summed E-state index contributed by atoms with van der Waals surface area (Å²) in [7, 11) is 0. The van der Waals surface area contributed by atoms with Crippen LogP contribution in [0.5, 0.6) is 0 Å². The van der Waals surface area contributed by atoms with Gasteiger partial charge in [0.1, 0.15) is 0 Å². The highest BCUT2D eigenvalue weighted by Crippen LogP contribution is 2.19. The third-order valence-corrected chi connectivity index (χ3v) is 3.43. The van der Waals surface area contributed by atoms with E-state index in [1.807, 2.05) is 34.9 Å². The van der Waals surface area contributed by atoms with Crippen molar-refractivity contribution in [1.29, 1.82) is 0 Å². The van der Waals surface area contributed by atoms with E-state index < -0.39 is 5.97 Å². The molecule has 0 amide bonds. The van der Waals surface area contributed by atoms with Crippen LogP contribution in [-0.2, 0) is 17.9 Å². The van der Waals surface area contributed by atoms with Crippen molar-refractivity contribution < 1.29 is 15.0 Å². The number of nitrogens with zero attached hydrogens (tertiary/aromatic N) is 2. The lowest BCUT2D eigenvalue weighted by atomic mass is 10.2. The zero-order valence-electron chi connectivity index (χ0n) is 10.2. The normalized spacial score (nSPS) is 10.6. The predicted octanol–water partition coefficient (Wildman–Crippen LogP) is 0.266. The molecule has 19 heavy (non-hydrogen) atoms. The summed E-state index contributed by atoms with van der Waals surface area (Å²) >= 11 is 1.09. The summed E-state index contributed by atoms with van der Waals surface area (Å²) in [6, 6.07) is 9.76. The Morgan fingerprint density at radius 1 is 1.37 bits per heavy atom. The molecule has 0 aliphatic carbocycles. The van der Waals surface area contributed by atoms with Crippen LogP contribution >= 0.6 is 11.8 Å². The second kappa shape index (κ2) is 6.40. The van der Waals surface area contributed by atoms with E-state index in [0.29, 0.717) is 17.4 Å². The van der Waals surface area contributed by atoms with Crippen molar-refractivity contribution in [2.45, 2.75) is 18.3 Å². The lowest BCUT2D eigenvalue weighted by molar-refractivity contribution is -0.301. The Bertz CT molecular complexity index is 554. The maximum absolute atomic E-state index is 10.5. The van der Waals surface area contributed by atoms with Gasteiger partial charge in [0, 0.05) is 18.5 Å². The Morgan fingerprint density at radius 3 is 2.74 bits per heavy atom. The zero-order valence-corrected chi connectivity index (χ0v) is 11.0. The van der Waals surface area contributed by atoms with Crippen molar-refractivity contribution in [2.24, 2.45) is 0 Å². The fourth-order valence-corrected chi connectivity index (χ4v) is 2.37. The van der Waals surface area contributed by atoms with E-state index in [-0.39, 0.29) is 12.4 Å². The number of carboxylic acids is 1. The molecule has 0 bridgehead atoms. The summed E-state index contributed by atoms with van der Waals surface area (Å²) in [5.74, 6) is -1.29. The number of hydrogen-bond donors (Lipinski definition) is 1. The number of rotatable bonds is 6. The molecule has 1 aromatic heterocycles. The van der Waals surface area contributed by atoms with Crippen LogP contribution in [0.2, 0.25) is 0 Å². The van der Waals surface area contributed by atoms with Gasteiger partial charge in [-0.15, -0.1) is 0 Å². The largest absolute Gasteiger partial charge is 0.549 e. The number of aliphatic hydroxyl groups is 1. The van der Waals surface area contributed by atoms with E-state index >= 15 is 0 Å². The van der Waals surface area contributed by atoms with Gasteiger partial charge in [-0.25, -0.2) is 4.98 Å². The van der Waals surface area contributed by atoms with Crippen LogP contribution in [0.4, 0.5) is 0 Å². The molecule has 1 aromatic carbocycles. The molecule has 0 unspecified atom stereocenters. The van der Waals surface area contributed by atoms with Crippen molar-refractivity contribution in [3.8, 4) is 0 Å². The molecule has 0 atom stereocenters. The highest BCUT2D eigenvalue weighted by Gasteiger charge is 2.08. The van der Waals surface area contributed by atoms with Crippen LogP contribution < -0.4 is 5.11 Å². The molecular weight excluding hydrogens is 264 g/mol. The van der Waals surface area contributed by atoms with Crippen LogP contribution in [-0.4, -0.2) is 26.4 Å². The quantitative estimate of drug-likeness (QED) is 0.767. The number of benzene rings is 1. The minimum atomic E-state index is -1.13. The minimum absolute atomic E-state index is 0.156. The molecule has 0 aliphatic rings. The first-order valence-corrected chi connectivity index (χ1v) is 6.71. The first-order valence-electron chi connectivity index (χ1n) is 5.72. The first kappa shape index (κ1) is 13.6. The summed E-state index contributed by atoms with van der Waals surface area (Å²) in [5.41, 5.74) is 1.61. The Balaban J connectivity index is 2.18. The van der Waals surface area contributed by atoms with Gasteiger partial charge in [-0.3, -0.25) is 0 Å². The van der Waals surface area contributed by atoms with Crippen LogP contribution in [0.1, 0.15) is 11.3 Å². The Kier molecular flexibility index (Phi) is 4.59. The molecule has 0 fully saturated rings. The second-order valence-electron chi connectivity index (χ2n) is 3.95. The van der Waals surface area contributed by atoms with Crippen molar-refractivity contribution >= 4 is 17.7 Å². The van der Waals surface area contributed by atoms with E-state index in [1.54, 1.807) is 6.20 Å². The molecule has 0 saturated carbocycles. The molecule has 5 nitrogen and oxygen atoms in total. The Labute approximate surface area is 114 Å². The summed E-state index contributed by atoms with van der Waals surface area (Å²) in [6.45, 7) is 0.421. The average molecular weight is 277 g/mol. The maximum Gasteiger partial charge on any atom is 0.168 e. The first-order chi connectivity index (χ1) is 9.19. The van der Waals surface area contributed by atoms with Gasteiger partial charge in [-0.2, -0.15) is 0 Å². The van der Waals surface area contributed by atoms with Gasteiger partial charge in [0.05, 0.1) is 18.3 Å². The standard InChI is InChI=1S/C13H14N2O3S/c16-8-11-7-15(6-10-4-2-1-3-5-10)13(14-11)19-9-12(17)18/h1-5,7,16H,6,8-9H2,(H,17,18)/p-1.